The van der Waals surface area contributed by atoms with Crippen molar-refractivity contribution in [3.05, 3.63) is 24.2 Å². The third-order valence-electron chi connectivity index (χ3n) is 7.09. The number of likely N-dealkylation sites (tertiary alicyclic amines) is 1. The molecule has 0 unspecified atom stereocenters. The minimum Gasteiger partial charge on any atom is -0.415 e. The van der Waals surface area contributed by atoms with Gasteiger partial charge in [-0.3, -0.25) is 4.79 Å². The molecular weight excluding hydrogens is 404 g/mol. The van der Waals surface area contributed by atoms with Gasteiger partial charge in [0.2, 0.25) is 11.8 Å². The van der Waals surface area contributed by atoms with Gasteiger partial charge < -0.3 is 14.2 Å². The van der Waals surface area contributed by atoms with Crippen LogP contribution in [0.2, 0.25) is 0 Å². The molecule has 31 heavy (non-hydrogen) atoms. The molecule has 1 saturated carbocycles. The van der Waals surface area contributed by atoms with E-state index in [1.165, 1.54) is 19.3 Å². The molecule has 2 aliphatic heterocycles. The number of piperidine rings is 1. The maximum atomic E-state index is 12.7. The largest absolute Gasteiger partial charge is 0.415 e. The molecule has 2 aromatic rings. The van der Waals surface area contributed by atoms with Crippen molar-refractivity contribution in [1.82, 2.24) is 20.1 Å². The van der Waals surface area contributed by atoms with E-state index in [2.05, 4.69) is 25.0 Å². The fourth-order valence-corrected chi connectivity index (χ4v) is 5.19. The highest BCUT2D eigenvalue weighted by molar-refractivity contribution is 5.80. The van der Waals surface area contributed by atoms with E-state index in [9.17, 15) is 13.6 Å². The molecule has 4 heterocycles. The maximum absolute atomic E-state index is 12.7. The number of carbonyl (C=O) groups is 1. The summed E-state index contributed by atoms with van der Waals surface area (Å²) in [6, 6.07) is 3.63. The number of hydrogen-bond donors (Lipinski definition) is 0. The van der Waals surface area contributed by atoms with Crippen LogP contribution in [0.1, 0.15) is 57.3 Å². The molecule has 1 amide bonds. The predicted octanol–water partition coefficient (Wildman–Crippen LogP) is 4.08. The Labute approximate surface area is 179 Å². The topological polar surface area (TPSA) is 75.4 Å². The van der Waals surface area contributed by atoms with E-state index in [4.69, 9.17) is 4.42 Å². The van der Waals surface area contributed by atoms with Crippen LogP contribution < -0.4 is 4.90 Å². The Hall–Kier alpha value is -2.58. The highest BCUT2D eigenvalue weighted by atomic mass is 19.3. The average Bonchev–Trinajstić information content (AvgIpc) is 3.29. The third kappa shape index (κ3) is 4.02. The molecule has 0 radical (unpaired) electrons. The summed E-state index contributed by atoms with van der Waals surface area (Å²) in [7, 11) is 0. The van der Waals surface area contributed by atoms with Gasteiger partial charge in [-0.25, -0.2) is 4.98 Å². The van der Waals surface area contributed by atoms with Crippen LogP contribution in [0.5, 0.6) is 0 Å². The SMILES string of the molecule is O=C(C1CCCCC1)N1CC2(CCN(c3ccc(-c4nnc(C(F)F)o4)cn3)CC2)C1. The molecule has 9 heteroatoms. The molecule has 0 aromatic carbocycles. The van der Waals surface area contributed by atoms with Gasteiger partial charge in [-0.15, -0.1) is 10.2 Å². The number of carbonyl (C=O) groups excluding carboxylic acids is 1. The summed E-state index contributed by atoms with van der Waals surface area (Å²) in [4.78, 5) is 21.5. The number of rotatable bonds is 4. The molecule has 0 atom stereocenters. The van der Waals surface area contributed by atoms with Crippen LogP contribution in [0.4, 0.5) is 14.6 Å². The second-order valence-electron chi connectivity index (χ2n) is 9.17. The van der Waals surface area contributed by atoms with Crippen molar-refractivity contribution in [3.63, 3.8) is 0 Å². The first kappa shape index (κ1) is 20.3. The smallest absolute Gasteiger partial charge is 0.314 e. The first-order valence-electron chi connectivity index (χ1n) is 11.1. The monoisotopic (exact) mass is 431 g/mol. The predicted molar refractivity (Wildman–Crippen MR) is 110 cm³/mol. The Morgan fingerprint density at radius 3 is 2.45 bits per heavy atom. The summed E-state index contributed by atoms with van der Waals surface area (Å²) in [6.07, 6.45) is 6.66. The van der Waals surface area contributed by atoms with Crippen LogP contribution in [0.3, 0.4) is 0 Å². The summed E-state index contributed by atoms with van der Waals surface area (Å²) in [6.45, 7) is 3.58. The van der Waals surface area contributed by atoms with Crippen molar-refractivity contribution in [3.8, 4) is 11.5 Å². The van der Waals surface area contributed by atoms with Gasteiger partial charge in [-0.2, -0.15) is 8.78 Å². The molecular formula is C22H27F2N5O2. The van der Waals surface area contributed by atoms with Crippen LogP contribution in [-0.4, -0.2) is 52.2 Å². The molecule has 5 rings (SSSR count). The summed E-state index contributed by atoms with van der Waals surface area (Å²) in [5.41, 5.74) is 0.781. The van der Waals surface area contributed by atoms with Crippen molar-refractivity contribution in [1.29, 1.82) is 0 Å². The van der Waals surface area contributed by atoms with Gasteiger partial charge in [0.1, 0.15) is 5.82 Å². The van der Waals surface area contributed by atoms with E-state index in [0.717, 1.165) is 57.7 Å². The quantitative estimate of drug-likeness (QED) is 0.726. The lowest BCUT2D eigenvalue weighted by molar-refractivity contribution is -0.150. The van der Waals surface area contributed by atoms with E-state index in [0.29, 0.717) is 11.5 Å². The third-order valence-corrected chi connectivity index (χ3v) is 7.09. The van der Waals surface area contributed by atoms with E-state index in [1.807, 2.05) is 6.07 Å². The molecule has 2 saturated heterocycles. The van der Waals surface area contributed by atoms with Crippen molar-refractivity contribution in [2.24, 2.45) is 11.3 Å². The lowest BCUT2D eigenvalue weighted by Gasteiger charge is -2.55. The highest BCUT2D eigenvalue weighted by Gasteiger charge is 2.47. The Kier molecular flexibility index (Phi) is 5.35. The zero-order valence-corrected chi connectivity index (χ0v) is 17.5. The molecule has 1 spiro atoms. The fourth-order valence-electron chi connectivity index (χ4n) is 5.19. The zero-order chi connectivity index (χ0) is 21.4. The minimum absolute atomic E-state index is 0.0455. The van der Waals surface area contributed by atoms with Gasteiger partial charge in [0.15, 0.2) is 0 Å². The van der Waals surface area contributed by atoms with Crippen LogP contribution in [0, 0.1) is 11.3 Å². The van der Waals surface area contributed by atoms with Crippen molar-refractivity contribution < 1.29 is 18.0 Å². The number of pyridine rings is 1. The Morgan fingerprint density at radius 2 is 1.84 bits per heavy atom. The number of anilines is 1. The molecule has 0 N–H and O–H groups in total. The van der Waals surface area contributed by atoms with Gasteiger partial charge >= 0.3 is 6.43 Å². The molecule has 7 nitrogen and oxygen atoms in total. The van der Waals surface area contributed by atoms with Gasteiger partial charge in [0, 0.05) is 43.7 Å². The Morgan fingerprint density at radius 1 is 1.10 bits per heavy atom. The lowest BCUT2D eigenvalue weighted by Crippen LogP contribution is -2.63. The number of aromatic nitrogens is 3. The summed E-state index contributed by atoms with van der Waals surface area (Å²) < 4.78 is 30.2. The van der Waals surface area contributed by atoms with E-state index in [1.54, 1.807) is 12.3 Å². The summed E-state index contributed by atoms with van der Waals surface area (Å²) in [5.74, 6) is 0.841. The van der Waals surface area contributed by atoms with Gasteiger partial charge in [0.25, 0.3) is 5.89 Å². The van der Waals surface area contributed by atoms with Gasteiger partial charge in [-0.05, 0) is 37.8 Å². The minimum atomic E-state index is -2.78. The van der Waals surface area contributed by atoms with Crippen molar-refractivity contribution >= 4 is 11.7 Å². The number of alkyl halides is 2. The highest BCUT2D eigenvalue weighted by Crippen LogP contribution is 2.42. The van der Waals surface area contributed by atoms with Crippen molar-refractivity contribution in [2.75, 3.05) is 31.1 Å². The molecule has 2 aromatic heterocycles. The maximum Gasteiger partial charge on any atom is 0.314 e. The van der Waals surface area contributed by atoms with Crippen molar-refractivity contribution in [2.45, 2.75) is 51.4 Å². The van der Waals surface area contributed by atoms with Crippen LogP contribution >= 0.6 is 0 Å². The van der Waals surface area contributed by atoms with E-state index >= 15 is 0 Å². The number of halogens is 2. The Balaban J connectivity index is 1.14. The molecule has 1 aliphatic carbocycles. The van der Waals surface area contributed by atoms with E-state index < -0.39 is 12.3 Å². The second kappa shape index (κ2) is 8.16. The number of nitrogens with zero attached hydrogens (tertiary/aromatic N) is 5. The molecule has 3 fully saturated rings. The van der Waals surface area contributed by atoms with E-state index in [-0.39, 0.29) is 17.2 Å². The lowest BCUT2D eigenvalue weighted by atomic mass is 9.71. The molecule has 166 valence electrons. The summed E-state index contributed by atoms with van der Waals surface area (Å²) in [5, 5.41) is 7.01. The average molecular weight is 431 g/mol. The number of hydrogen-bond acceptors (Lipinski definition) is 6. The first-order chi connectivity index (χ1) is 15.0. The first-order valence-corrected chi connectivity index (χ1v) is 11.1. The van der Waals surface area contributed by atoms with Crippen LogP contribution in [0.15, 0.2) is 22.7 Å². The molecule has 0 bridgehead atoms. The summed E-state index contributed by atoms with van der Waals surface area (Å²) >= 11 is 0. The zero-order valence-electron chi connectivity index (χ0n) is 17.5. The molecule has 3 aliphatic rings. The van der Waals surface area contributed by atoms with Gasteiger partial charge in [0.05, 0.1) is 5.56 Å². The normalized spacial score (nSPS) is 21.5. The second-order valence-corrected chi connectivity index (χ2v) is 9.17. The number of amides is 1. The van der Waals surface area contributed by atoms with Gasteiger partial charge in [-0.1, -0.05) is 19.3 Å². The Bertz CT molecular complexity index is 910. The fraction of sp³-hybridized carbons (Fsp3) is 0.636. The van der Waals surface area contributed by atoms with Crippen LogP contribution in [-0.2, 0) is 4.79 Å². The van der Waals surface area contributed by atoms with Crippen LogP contribution in [0.25, 0.3) is 11.5 Å². The standard InChI is InChI=1S/C22H27F2N5O2/c23-18(24)20-27-26-19(31-20)16-6-7-17(25-12-16)28-10-8-22(9-11-28)13-29(14-22)21(30)15-4-2-1-3-5-15/h6-7,12,15,18H,1-5,8-11,13-14H2.